The summed E-state index contributed by atoms with van der Waals surface area (Å²) in [4.78, 5) is 9.50. The molecule has 0 unspecified atom stereocenters. The van der Waals surface area contributed by atoms with Gasteiger partial charge in [0.25, 0.3) is 0 Å². The summed E-state index contributed by atoms with van der Waals surface area (Å²) in [5, 5.41) is 16.5. The third-order valence-electron chi connectivity index (χ3n) is 6.18. The number of rotatable bonds is 7. The van der Waals surface area contributed by atoms with Crippen molar-refractivity contribution < 1.29 is 8.42 Å². The molecule has 200 valence electrons. The molecule has 0 atom stereocenters. The first-order valence-electron chi connectivity index (χ1n) is 12.8. The average Bonchev–Trinajstić information content (AvgIpc) is 3.37. The molecule has 0 saturated heterocycles. The molecule has 1 saturated carbocycles. The van der Waals surface area contributed by atoms with E-state index >= 15 is 0 Å². The molecule has 0 amide bonds. The van der Waals surface area contributed by atoms with Crippen LogP contribution in [-0.2, 0) is 16.6 Å². The normalized spacial score (nSPS) is 15.2. The third kappa shape index (κ3) is 7.40. The molecule has 3 N–H and O–H groups in total. The van der Waals surface area contributed by atoms with Crippen LogP contribution in [0.4, 0.5) is 5.69 Å². The molecule has 0 bridgehead atoms. The first-order valence-corrected chi connectivity index (χ1v) is 15.1. The van der Waals surface area contributed by atoms with Crippen LogP contribution in [0.5, 0.6) is 0 Å². The summed E-state index contributed by atoms with van der Waals surface area (Å²) in [5.74, 6) is 0.672. The Kier molecular flexibility index (Phi) is 8.82. The highest BCUT2D eigenvalue weighted by atomic mass is 32.2. The monoisotopic (exact) mass is 550 g/mol. The van der Waals surface area contributed by atoms with E-state index in [1.165, 1.54) is 19.3 Å². The smallest absolute Gasteiger partial charge is 0.241 e. The predicted octanol–water partition coefficient (Wildman–Crippen LogP) is 5.97. The Balaban J connectivity index is 1.66. The van der Waals surface area contributed by atoms with E-state index in [4.69, 9.17) is 0 Å². The van der Waals surface area contributed by atoms with Crippen molar-refractivity contribution in [3.63, 3.8) is 0 Å². The van der Waals surface area contributed by atoms with E-state index in [1.54, 1.807) is 41.9 Å². The van der Waals surface area contributed by atoms with Gasteiger partial charge in [-0.2, -0.15) is 5.26 Å². The minimum absolute atomic E-state index is 0.149. The number of hydrogen-bond acceptors (Lipinski definition) is 6. The molecule has 4 rings (SSSR count). The lowest BCUT2D eigenvalue weighted by atomic mass is 9.90. The van der Waals surface area contributed by atoms with Crippen LogP contribution in [0.2, 0.25) is 0 Å². The zero-order valence-corrected chi connectivity index (χ0v) is 23.6. The van der Waals surface area contributed by atoms with Gasteiger partial charge >= 0.3 is 0 Å². The fourth-order valence-corrected chi connectivity index (χ4v) is 7.37. The van der Waals surface area contributed by atoms with E-state index in [0.717, 1.165) is 28.3 Å². The van der Waals surface area contributed by atoms with Gasteiger partial charge in [0.1, 0.15) is 0 Å². The number of benzene rings is 2. The van der Waals surface area contributed by atoms with Gasteiger partial charge in [-0.05, 0) is 51.3 Å². The molecule has 0 radical (unpaired) electrons. The highest BCUT2D eigenvalue weighted by Gasteiger charge is 2.27. The minimum Gasteiger partial charge on any atom is -0.351 e. The molecule has 8 nitrogen and oxygen atoms in total. The maximum atomic E-state index is 13.6. The first-order chi connectivity index (χ1) is 18.1. The Labute approximate surface area is 229 Å². The second-order valence-corrected chi connectivity index (χ2v) is 13.2. The molecule has 1 heterocycles. The van der Waals surface area contributed by atoms with Gasteiger partial charge in [-0.3, -0.25) is 0 Å². The minimum atomic E-state index is -3.87. The van der Waals surface area contributed by atoms with Gasteiger partial charge < -0.3 is 10.6 Å². The average molecular weight is 551 g/mol. The summed E-state index contributed by atoms with van der Waals surface area (Å²) >= 11 is 1.57. The van der Waals surface area contributed by atoms with Crippen molar-refractivity contribution in [2.45, 2.75) is 75.8 Å². The Morgan fingerprint density at radius 3 is 2.55 bits per heavy atom. The summed E-state index contributed by atoms with van der Waals surface area (Å²) in [5.41, 5.74) is 1.45. The number of nitriles is 1. The number of sulfonamides is 1. The van der Waals surface area contributed by atoms with Crippen molar-refractivity contribution in [3.05, 3.63) is 65.3 Å². The zero-order valence-electron chi connectivity index (χ0n) is 22.0. The molecule has 0 aliphatic heterocycles. The van der Waals surface area contributed by atoms with E-state index in [2.05, 4.69) is 25.3 Å². The number of hydrogen-bond donors (Lipinski definition) is 3. The Morgan fingerprint density at radius 2 is 1.87 bits per heavy atom. The van der Waals surface area contributed by atoms with Crippen molar-refractivity contribution in [3.8, 4) is 16.6 Å². The topological polar surface area (TPSA) is 119 Å². The summed E-state index contributed by atoms with van der Waals surface area (Å²) in [6, 6.07) is 14.9. The number of anilines is 1. The molecule has 10 heteroatoms. The zero-order chi connectivity index (χ0) is 27.2. The molecule has 3 aromatic rings. The molecule has 1 aromatic heterocycles. The van der Waals surface area contributed by atoms with Crippen molar-refractivity contribution in [1.82, 2.24) is 15.0 Å². The van der Waals surface area contributed by atoms with E-state index < -0.39 is 15.6 Å². The largest absolute Gasteiger partial charge is 0.351 e. The van der Waals surface area contributed by atoms with Gasteiger partial charge in [-0.15, -0.1) is 16.3 Å². The Hall–Kier alpha value is -3.26. The van der Waals surface area contributed by atoms with Crippen LogP contribution in [0.1, 0.15) is 69.4 Å². The van der Waals surface area contributed by atoms with E-state index in [0.29, 0.717) is 23.7 Å². The number of aliphatic imine (C=N–C) groups is 1. The van der Waals surface area contributed by atoms with Gasteiger partial charge in [-0.25, -0.2) is 18.1 Å². The van der Waals surface area contributed by atoms with Gasteiger partial charge in [0, 0.05) is 35.4 Å². The molecular formula is C28H34N6O2S2. The SMILES string of the molecule is CC(C)(C)NS(=O)(=O)c1cc(N/C(=N/C#N)NCc2ccccc2)ccc1-c1cnc(C2CCCCC2)s1. The van der Waals surface area contributed by atoms with Crippen molar-refractivity contribution in [1.29, 1.82) is 5.26 Å². The molecule has 38 heavy (non-hydrogen) atoms. The van der Waals surface area contributed by atoms with E-state index in [-0.39, 0.29) is 10.9 Å². The molecular weight excluding hydrogens is 516 g/mol. The maximum Gasteiger partial charge on any atom is 0.241 e. The van der Waals surface area contributed by atoms with Crippen molar-refractivity contribution in [2.75, 3.05) is 5.32 Å². The quantitative estimate of drug-likeness (QED) is 0.189. The first kappa shape index (κ1) is 27.8. The molecule has 0 spiro atoms. The standard InChI is InChI=1S/C28H34N6O2S2/c1-28(2,3)34-38(35,36)25-16-22(33-27(32-19-29)31-17-20-10-6-4-7-11-20)14-15-23(25)24-18-30-26(37-24)21-12-8-5-9-13-21/h4,6-7,10-11,14-16,18,21,34H,5,8-9,12-13,17H2,1-3H3,(H2,31,32,33). The number of aromatic nitrogens is 1. The molecule has 1 fully saturated rings. The highest BCUT2D eigenvalue weighted by Crippen LogP contribution is 2.39. The molecule has 1 aliphatic rings. The number of nitrogens with one attached hydrogen (secondary N) is 3. The van der Waals surface area contributed by atoms with Crippen LogP contribution in [0, 0.1) is 11.5 Å². The van der Waals surface area contributed by atoms with Gasteiger partial charge in [-0.1, -0.05) is 55.7 Å². The third-order valence-corrected chi connectivity index (χ3v) is 9.17. The van der Waals surface area contributed by atoms with Gasteiger partial charge in [0.05, 0.1) is 14.8 Å². The summed E-state index contributed by atoms with van der Waals surface area (Å²) in [6.45, 7) is 5.89. The van der Waals surface area contributed by atoms with E-state index in [9.17, 15) is 13.7 Å². The highest BCUT2D eigenvalue weighted by molar-refractivity contribution is 7.89. The van der Waals surface area contributed by atoms with Crippen LogP contribution < -0.4 is 15.4 Å². The van der Waals surface area contributed by atoms with Crippen molar-refractivity contribution >= 4 is 33.0 Å². The lowest BCUT2D eigenvalue weighted by Crippen LogP contribution is -2.40. The van der Waals surface area contributed by atoms with Crippen LogP contribution in [0.3, 0.4) is 0 Å². The molecule has 2 aromatic carbocycles. The number of thiazole rings is 1. The van der Waals surface area contributed by atoms with Gasteiger partial charge in [0.2, 0.25) is 22.2 Å². The summed E-state index contributed by atoms with van der Waals surface area (Å²) in [6.07, 6.45) is 9.52. The molecule has 1 aliphatic carbocycles. The van der Waals surface area contributed by atoms with E-state index in [1.807, 2.05) is 51.1 Å². The maximum absolute atomic E-state index is 13.6. The van der Waals surface area contributed by atoms with Gasteiger partial charge in [0.15, 0.2) is 0 Å². The van der Waals surface area contributed by atoms with Crippen LogP contribution in [0.25, 0.3) is 10.4 Å². The fourth-order valence-electron chi connectivity index (χ4n) is 4.51. The fraction of sp³-hybridized carbons (Fsp3) is 0.393. The van der Waals surface area contributed by atoms with Crippen LogP contribution in [-0.4, -0.2) is 24.9 Å². The number of nitrogens with zero attached hydrogens (tertiary/aromatic N) is 3. The second kappa shape index (κ2) is 12.1. The van der Waals surface area contributed by atoms with Crippen LogP contribution in [0.15, 0.2) is 64.6 Å². The summed E-state index contributed by atoms with van der Waals surface area (Å²) in [7, 11) is -3.87. The lowest BCUT2D eigenvalue weighted by Gasteiger charge is -2.22. The number of guanidine groups is 1. The predicted molar refractivity (Wildman–Crippen MR) is 153 cm³/mol. The van der Waals surface area contributed by atoms with Crippen molar-refractivity contribution in [2.24, 2.45) is 4.99 Å². The Morgan fingerprint density at radius 1 is 1.13 bits per heavy atom. The lowest BCUT2D eigenvalue weighted by molar-refractivity contribution is 0.442. The Bertz CT molecular complexity index is 1410. The second-order valence-electron chi connectivity index (χ2n) is 10.5. The van der Waals surface area contributed by atoms with Crippen LogP contribution >= 0.6 is 11.3 Å². The summed E-state index contributed by atoms with van der Waals surface area (Å²) < 4.78 is 29.9.